The minimum Gasteiger partial charge on any atom is -0.481 e. The van der Waals surface area contributed by atoms with Crippen molar-refractivity contribution in [1.29, 1.82) is 0 Å². The second-order valence-corrected chi connectivity index (χ2v) is 6.61. The Balaban J connectivity index is 1.58. The van der Waals surface area contributed by atoms with E-state index in [-0.39, 0.29) is 17.7 Å². The number of hydrogen-bond acceptors (Lipinski definition) is 4. The number of piperidine rings is 1. The van der Waals surface area contributed by atoms with Gasteiger partial charge in [0.15, 0.2) is 0 Å². The molecule has 0 bridgehead atoms. The van der Waals surface area contributed by atoms with E-state index in [2.05, 4.69) is 12.2 Å². The maximum absolute atomic E-state index is 12.7. The van der Waals surface area contributed by atoms with Gasteiger partial charge in [-0.25, -0.2) is 0 Å². The van der Waals surface area contributed by atoms with E-state index < -0.39 is 12.2 Å². The van der Waals surface area contributed by atoms with Gasteiger partial charge in [-0.15, -0.1) is 0 Å². The fourth-order valence-electron chi connectivity index (χ4n) is 3.69. The summed E-state index contributed by atoms with van der Waals surface area (Å²) in [6.45, 7) is 1.55. The first-order valence-corrected chi connectivity index (χ1v) is 8.39. The minimum atomic E-state index is -0.768. The van der Waals surface area contributed by atoms with Gasteiger partial charge in [-0.2, -0.15) is 0 Å². The summed E-state index contributed by atoms with van der Waals surface area (Å²) in [5, 5.41) is 19.3. The van der Waals surface area contributed by atoms with Gasteiger partial charge >= 0.3 is 5.97 Å². The van der Waals surface area contributed by atoms with Gasteiger partial charge in [0, 0.05) is 31.8 Å². The Hall–Kier alpha value is -1.82. The lowest BCUT2D eigenvalue weighted by molar-refractivity contribution is -0.146. The van der Waals surface area contributed by atoms with E-state index in [9.17, 15) is 14.7 Å². The van der Waals surface area contributed by atoms with Gasteiger partial charge in [0.05, 0.1) is 11.8 Å². The molecule has 0 aromatic heterocycles. The van der Waals surface area contributed by atoms with E-state index in [4.69, 9.17) is 5.11 Å². The molecule has 2 N–H and O–H groups in total. The van der Waals surface area contributed by atoms with Crippen molar-refractivity contribution >= 4 is 11.9 Å². The van der Waals surface area contributed by atoms with E-state index in [1.54, 1.807) is 4.90 Å². The van der Waals surface area contributed by atoms with Gasteiger partial charge in [-0.3, -0.25) is 9.59 Å². The predicted octanol–water partition coefficient (Wildman–Crippen LogP) is 1.18. The standard InChI is InChI=1S/C17H24N2O4/c20-15-10-13(11-19(15)14-4-2-1-3-5-14)16(21)18-8-6-12(7-9-18)17(22)23/h2,4-5,12-13,15,20H,1,3,6-11H2,(H,22,23). The van der Waals surface area contributed by atoms with Crippen LogP contribution < -0.4 is 0 Å². The van der Waals surface area contributed by atoms with Crippen molar-refractivity contribution < 1.29 is 19.8 Å². The van der Waals surface area contributed by atoms with E-state index in [1.165, 1.54) is 0 Å². The van der Waals surface area contributed by atoms with Gasteiger partial charge in [-0.1, -0.05) is 12.2 Å². The molecule has 0 aromatic carbocycles. The maximum atomic E-state index is 12.7. The third kappa shape index (κ3) is 3.42. The van der Waals surface area contributed by atoms with Crippen LogP contribution in [-0.2, 0) is 9.59 Å². The van der Waals surface area contributed by atoms with Crippen molar-refractivity contribution in [3.63, 3.8) is 0 Å². The van der Waals surface area contributed by atoms with Crippen molar-refractivity contribution in [3.05, 3.63) is 23.9 Å². The highest BCUT2D eigenvalue weighted by atomic mass is 16.4. The van der Waals surface area contributed by atoms with Gasteiger partial charge in [0.25, 0.3) is 0 Å². The number of amides is 1. The number of carboxylic acid groups (broad SMARTS) is 1. The monoisotopic (exact) mass is 320 g/mol. The largest absolute Gasteiger partial charge is 0.481 e. The van der Waals surface area contributed by atoms with E-state index in [1.807, 2.05) is 11.0 Å². The number of carbonyl (C=O) groups is 2. The number of nitrogens with zero attached hydrogens (tertiary/aromatic N) is 2. The molecule has 1 aliphatic carbocycles. The van der Waals surface area contributed by atoms with E-state index in [0.29, 0.717) is 38.9 Å². The van der Waals surface area contributed by atoms with Crippen LogP contribution in [0.4, 0.5) is 0 Å². The van der Waals surface area contributed by atoms with Crippen LogP contribution in [0.15, 0.2) is 23.9 Å². The number of carboxylic acids is 1. The van der Waals surface area contributed by atoms with Crippen LogP contribution in [0.1, 0.15) is 32.1 Å². The number of aliphatic hydroxyl groups is 1. The molecule has 126 valence electrons. The average Bonchev–Trinajstić information content (AvgIpc) is 2.97. The number of carbonyl (C=O) groups excluding carboxylic acids is 1. The first-order valence-electron chi connectivity index (χ1n) is 8.39. The van der Waals surface area contributed by atoms with E-state index in [0.717, 1.165) is 18.5 Å². The lowest BCUT2D eigenvalue weighted by Crippen LogP contribution is -2.43. The second kappa shape index (κ2) is 6.74. The molecular weight excluding hydrogens is 296 g/mol. The van der Waals surface area contributed by atoms with Crippen LogP contribution in [0.25, 0.3) is 0 Å². The summed E-state index contributed by atoms with van der Waals surface area (Å²) in [6, 6.07) is 0. The molecule has 6 nitrogen and oxygen atoms in total. The van der Waals surface area contributed by atoms with Crippen molar-refractivity contribution in [1.82, 2.24) is 9.80 Å². The molecule has 0 aromatic rings. The Labute approximate surface area is 136 Å². The molecule has 0 radical (unpaired) electrons. The normalized spacial score (nSPS) is 28.8. The predicted molar refractivity (Wildman–Crippen MR) is 84.2 cm³/mol. The molecule has 2 fully saturated rings. The lowest BCUT2D eigenvalue weighted by atomic mass is 9.95. The van der Waals surface area contributed by atoms with Gasteiger partial charge in [0.2, 0.25) is 5.91 Å². The Morgan fingerprint density at radius 2 is 1.87 bits per heavy atom. The van der Waals surface area contributed by atoms with Gasteiger partial charge < -0.3 is 20.0 Å². The Kier molecular flexibility index (Phi) is 4.71. The second-order valence-electron chi connectivity index (χ2n) is 6.61. The highest BCUT2D eigenvalue weighted by molar-refractivity contribution is 5.80. The van der Waals surface area contributed by atoms with Crippen LogP contribution in [-0.4, -0.2) is 57.8 Å². The molecule has 1 amide bonds. The summed E-state index contributed by atoms with van der Waals surface area (Å²) < 4.78 is 0. The summed E-state index contributed by atoms with van der Waals surface area (Å²) >= 11 is 0. The lowest BCUT2D eigenvalue weighted by Gasteiger charge is -2.32. The Morgan fingerprint density at radius 3 is 2.48 bits per heavy atom. The summed E-state index contributed by atoms with van der Waals surface area (Å²) in [5.74, 6) is -1.25. The molecule has 2 unspecified atom stereocenters. The third-order valence-corrected chi connectivity index (χ3v) is 5.08. The molecule has 2 aliphatic heterocycles. The highest BCUT2D eigenvalue weighted by Gasteiger charge is 2.38. The van der Waals surface area contributed by atoms with Crippen molar-refractivity contribution in [2.75, 3.05) is 19.6 Å². The number of hydrogen-bond donors (Lipinski definition) is 2. The number of aliphatic hydroxyl groups excluding tert-OH is 1. The average molecular weight is 320 g/mol. The molecule has 0 spiro atoms. The highest BCUT2D eigenvalue weighted by Crippen LogP contribution is 2.30. The van der Waals surface area contributed by atoms with E-state index >= 15 is 0 Å². The molecular formula is C17H24N2O4. The molecule has 3 rings (SSSR count). The molecule has 6 heteroatoms. The Bertz CT molecular complexity index is 535. The first kappa shape index (κ1) is 16.1. The van der Waals surface area contributed by atoms with Crippen LogP contribution in [0.5, 0.6) is 0 Å². The zero-order chi connectivity index (χ0) is 16.4. The van der Waals surface area contributed by atoms with Gasteiger partial charge in [0.1, 0.15) is 6.23 Å². The zero-order valence-electron chi connectivity index (χ0n) is 13.2. The smallest absolute Gasteiger partial charge is 0.306 e. The number of rotatable bonds is 3. The van der Waals surface area contributed by atoms with Crippen LogP contribution in [0.3, 0.4) is 0 Å². The zero-order valence-corrected chi connectivity index (χ0v) is 13.2. The summed E-state index contributed by atoms with van der Waals surface area (Å²) in [5.41, 5.74) is 1.00. The SMILES string of the molecule is O=C(O)C1CCN(C(=O)C2CC(O)N(C3=CCCC=C3)C2)CC1. The number of aliphatic carboxylic acids is 1. The number of likely N-dealkylation sites (tertiary alicyclic amines) is 2. The molecule has 3 aliphatic rings. The molecule has 23 heavy (non-hydrogen) atoms. The molecule has 0 saturated carbocycles. The fourth-order valence-corrected chi connectivity index (χ4v) is 3.69. The van der Waals surface area contributed by atoms with Crippen molar-refractivity contribution in [2.24, 2.45) is 11.8 Å². The maximum Gasteiger partial charge on any atom is 0.306 e. The summed E-state index contributed by atoms with van der Waals surface area (Å²) in [6.07, 6.45) is 9.07. The molecule has 2 atom stereocenters. The first-order chi connectivity index (χ1) is 11.1. The summed E-state index contributed by atoms with van der Waals surface area (Å²) in [7, 11) is 0. The number of allylic oxidation sites excluding steroid dienone is 3. The van der Waals surface area contributed by atoms with Crippen molar-refractivity contribution in [2.45, 2.75) is 38.3 Å². The third-order valence-electron chi connectivity index (χ3n) is 5.08. The fraction of sp³-hybridized carbons (Fsp3) is 0.647. The minimum absolute atomic E-state index is 0.0516. The van der Waals surface area contributed by atoms with Crippen molar-refractivity contribution in [3.8, 4) is 0 Å². The molecule has 2 heterocycles. The van der Waals surface area contributed by atoms with Crippen LogP contribution in [0, 0.1) is 11.8 Å². The van der Waals surface area contributed by atoms with Crippen LogP contribution in [0.2, 0.25) is 0 Å². The quantitative estimate of drug-likeness (QED) is 0.816. The Morgan fingerprint density at radius 1 is 1.13 bits per heavy atom. The van der Waals surface area contributed by atoms with Crippen LogP contribution >= 0.6 is 0 Å². The van der Waals surface area contributed by atoms with Gasteiger partial charge in [-0.05, 0) is 31.8 Å². The summed E-state index contributed by atoms with van der Waals surface area (Å²) in [4.78, 5) is 27.3. The molecule has 2 saturated heterocycles. The topological polar surface area (TPSA) is 81.1 Å².